The molecule has 1 aromatic heterocycles. The van der Waals surface area contributed by atoms with Crippen LogP contribution in [0.4, 0.5) is 5.82 Å². The molecular weight excluding hydrogens is 260 g/mol. The largest absolute Gasteiger partial charge is 0.478 e. The van der Waals surface area contributed by atoms with Crippen molar-refractivity contribution in [3.05, 3.63) is 23.4 Å². The molecule has 0 aliphatic heterocycles. The number of aromatic carboxylic acids is 1. The predicted molar refractivity (Wildman–Crippen MR) is 81.2 cm³/mol. The zero-order chi connectivity index (χ0) is 14.3. The van der Waals surface area contributed by atoms with Crippen LogP contribution in [0.15, 0.2) is 12.1 Å². The van der Waals surface area contributed by atoms with Crippen LogP contribution in [0.2, 0.25) is 0 Å². The third-order valence-corrected chi connectivity index (χ3v) is 3.62. The molecule has 0 aromatic carbocycles. The van der Waals surface area contributed by atoms with Crippen LogP contribution in [-0.2, 0) is 6.42 Å². The lowest BCUT2D eigenvalue weighted by Crippen LogP contribution is -2.15. The maximum Gasteiger partial charge on any atom is 0.335 e. The van der Waals surface area contributed by atoms with Gasteiger partial charge in [-0.2, -0.15) is 11.8 Å². The fraction of sp³-hybridized carbons (Fsp3) is 0.571. The van der Waals surface area contributed by atoms with Crippen molar-refractivity contribution in [1.82, 2.24) is 4.98 Å². The van der Waals surface area contributed by atoms with E-state index in [1.165, 1.54) is 0 Å². The summed E-state index contributed by atoms with van der Waals surface area (Å²) in [7, 11) is 0. The first-order valence-electron chi connectivity index (χ1n) is 6.53. The molecule has 0 amide bonds. The second-order valence-corrected chi connectivity index (χ2v) is 5.64. The zero-order valence-electron chi connectivity index (χ0n) is 11.8. The Balaban J connectivity index is 2.78. The van der Waals surface area contributed by atoms with Crippen LogP contribution in [0.5, 0.6) is 0 Å². The lowest BCUT2D eigenvalue weighted by atomic mass is 10.1. The van der Waals surface area contributed by atoms with E-state index < -0.39 is 5.97 Å². The van der Waals surface area contributed by atoms with Gasteiger partial charge in [0.15, 0.2) is 0 Å². The highest BCUT2D eigenvalue weighted by Crippen LogP contribution is 2.13. The third kappa shape index (κ3) is 5.51. The molecule has 19 heavy (non-hydrogen) atoms. The number of nitrogens with zero attached hydrogens (tertiary/aromatic N) is 1. The van der Waals surface area contributed by atoms with Crippen LogP contribution in [0, 0.1) is 5.92 Å². The fourth-order valence-electron chi connectivity index (χ4n) is 1.81. The van der Waals surface area contributed by atoms with E-state index in [4.69, 9.17) is 5.11 Å². The normalized spacial score (nSPS) is 12.2. The van der Waals surface area contributed by atoms with E-state index in [1.807, 2.05) is 11.8 Å². The van der Waals surface area contributed by atoms with Gasteiger partial charge in [0.1, 0.15) is 5.82 Å². The lowest BCUT2D eigenvalue weighted by molar-refractivity contribution is 0.0696. The summed E-state index contributed by atoms with van der Waals surface area (Å²) in [6.07, 6.45) is 3.84. The molecule has 106 valence electrons. The van der Waals surface area contributed by atoms with Crippen molar-refractivity contribution in [2.75, 3.05) is 23.9 Å². The summed E-state index contributed by atoms with van der Waals surface area (Å²) >= 11 is 1.81. The molecule has 1 aromatic rings. The molecule has 2 N–H and O–H groups in total. The minimum Gasteiger partial charge on any atom is -0.478 e. The summed E-state index contributed by atoms with van der Waals surface area (Å²) in [4.78, 5) is 15.5. The van der Waals surface area contributed by atoms with Gasteiger partial charge in [0, 0.05) is 12.2 Å². The second-order valence-electron chi connectivity index (χ2n) is 4.73. The average molecular weight is 282 g/mol. The van der Waals surface area contributed by atoms with Gasteiger partial charge >= 0.3 is 5.97 Å². The van der Waals surface area contributed by atoms with Gasteiger partial charge < -0.3 is 10.4 Å². The standard InChI is InChI=1S/C14H22N2O2S/c1-4-5-12-6-11(14(17)18)7-13(16-12)15-8-10(2)9-19-3/h6-7,10H,4-5,8-9H2,1-3H3,(H,15,16)(H,17,18). The third-order valence-electron chi connectivity index (χ3n) is 2.71. The van der Waals surface area contributed by atoms with Crippen LogP contribution >= 0.6 is 11.8 Å². The molecule has 0 radical (unpaired) electrons. The highest BCUT2D eigenvalue weighted by atomic mass is 32.2. The molecule has 0 saturated heterocycles. The van der Waals surface area contributed by atoms with Gasteiger partial charge in [-0.3, -0.25) is 0 Å². The number of nitrogens with one attached hydrogen (secondary N) is 1. The first-order valence-corrected chi connectivity index (χ1v) is 7.93. The summed E-state index contributed by atoms with van der Waals surface area (Å²) in [5, 5.41) is 12.3. The number of aromatic nitrogens is 1. The quantitative estimate of drug-likeness (QED) is 0.767. The number of hydrogen-bond acceptors (Lipinski definition) is 4. The molecule has 1 unspecified atom stereocenters. The number of pyridine rings is 1. The van der Waals surface area contributed by atoms with Crippen LogP contribution in [0.25, 0.3) is 0 Å². The van der Waals surface area contributed by atoms with E-state index in [9.17, 15) is 4.79 Å². The molecule has 0 saturated carbocycles. The van der Waals surface area contributed by atoms with E-state index in [2.05, 4.69) is 30.4 Å². The minimum absolute atomic E-state index is 0.304. The van der Waals surface area contributed by atoms with Crippen molar-refractivity contribution in [2.45, 2.75) is 26.7 Å². The monoisotopic (exact) mass is 282 g/mol. The lowest BCUT2D eigenvalue weighted by Gasteiger charge is -2.13. The summed E-state index contributed by atoms with van der Waals surface area (Å²) in [5.74, 6) is 1.36. The first kappa shape index (κ1) is 15.8. The number of hydrogen-bond donors (Lipinski definition) is 2. The maximum absolute atomic E-state index is 11.1. The Hall–Kier alpha value is -1.23. The Kier molecular flexibility index (Phi) is 6.70. The number of carboxylic acids is 1. The van der Waals surface area contributed by atoms with E-state index in [-0.39, 0.29) is 0 Å². The topological polar surface area (TPSA) is 62.2 Å². The van der Waals surface area contributed by atoms with Crippen LogP contribution in [-0.4, -0.2) is 34.6 Å². The molecule has 5 heteroatoms. The Labute approximate surface area is 119 Å². The van der Waals surface area contributed by atoms with Gasteiger partial charge in [0.2, 0.25) is 0 Å². The predicted octanol–water partition coefficient (Wildman–Crippen LogP) is 3.14. The van der Waals surface area contributed by atoms with Crippen LogP contribution in [0.1, 0.15) is 36.3 Å². The SMILES string of the molecule is CCCc1cc(C(=O)O)cc(NCC(C)CSC)n1. The van der Waals surface area contributed by atoms with Gasteiger partial charge in [0.25, 0.3) is 0 Å². The number of carboxylic acid groups (broad SMARTS) is 1. The molecular formula is C14H22N2O2S. The molecule has 0 aliphatic carbocycles. The summed E-state index contributed by atoms with van der Waals surface area (Å²) in [6.45, 7) is 5.03. The number of carbonyl (C=O) groups is 1. The smallest absolute Gasteiger partial charge is 0.335 e. The second kappa shape index (κ2) is 8.04. The van der Waals surface area contributed by atoms with Crippen molar-refractivity contribution in [3.8, 4) is 0 Å². The van der Waals surface area contributed by atoms with Crippen LogP contribution < -0.4 is 5.32 Å². The van der Waals surface area contributed by atoms with Crippen molar-refractivity contribution in [2.24, 2.45) is 5.92 Å². The summed E-state index contributed by atoms with van der Waals surface area (Å²) in [6, 6.07) is 3.26. The van der Waals surface area contributed by atoms with Crippen molar-refractivity contribution >= 4 is 23.5 Å². The molecule has 0 bridgehead atoms. The van der Waals surface area contributed by atoms with E-state index in [0.717, 1.165) is 30.8 Å². The fourth-order valence-corrected chi connectivity index (χ4v) is 2.50. The highest BCUT2D eigenvalue weighted by molar-refractivity contribution is 7.98. The zero-order valence-corrected chi connectivity index (χ0v) is 12.6. The Morgan fingerprint density at radius 2 is 2.26 bits per heavy atom. The molecule has 0 aliphatic rings. The summed E-state index contributed by atoms with van der Waals surface area (Å²) < 4.78 is 0. The summed E-state index contributed by atoms with van der Waals surface area (Å²) in [5.41, 5.74) is 1.14. The van der Waals surface area contributed by atoms with E-state index in [1.54, 1.807) is 12.1 Å². The van der Waals surface area contributed by atoms with Gasteiger partial charge in [-0.25, -0.2) is 9.78 Å². The van der Waals surface area contributed by atoms with Gasteiger partial charge in [-0.15, -0.1) is 0 Å². The van der Waals surface area contributed by atoms with Gasteiger partial charge in [-0.05, 0) is 36.5 Å². The number of rotatable bonds is 8. The van der Waals surface area contributed by atoms with Crippen molar-refractivity contribution < 1.29 is 9.90 Å². The van der Waals surface area contributed by atoms with Gasteiger partial charge in [-0.1, -0.05) is 20.3 Å². The molecule has 1 rings (SSSR count). The molecule has 1 atom stereocenters. The maximum atomic E-state index is 11.1. The number of anilines is 1. The number of aryl methyl sites for hydroxylation is 1. The first-order chi connectivity index (χ1) is 9.06. The molecule has 0 spiro atoms. The Bertz CT molecular complexity index is 424. The van der Waals surface area contributed by atoms with Crippen molar-refractivity contribution in [3.63, 3.8) is 0 Å². The molecule has 0 fully saturated rings. The van der Waals surface area contributed by atoms with E-state index >= 15 is 0 Å². The highest BCUT2D eigenvalue weighted by Gasteiger charge is 2.09. The Morgan fingerprint density at radius 3 is 2.84 bits per heavy atom. The number of thioether (sulfide) groups is 1. The average Bonchev–Trinajstić information content (AvgIpc) is 2.37. The van der Waals surface area contributed by atoms with Crippen molar-refractivity contribution in [1.29, 1.82) is 0 Å². The molecule has 1 heterocycles. The molecule has 4 nitrogen and oxygen atoms in total. The minimum atomic E-state index is -0.903. The van der Waals surface area contributed by atoms with Gasteiger partial charge in [0.05, 0.1) is 5.56 Å². The Morgan fingerprint density at radius 1 is 1.53 bits per heavy atom. The van der Waals surface area contributed by atoms with E-state index in [0.29, 0.717) is 17.3 Å². The van der Waals surface area contributed by atoms with Crippen LogP contribution in [0.3, 0.4) is 0 Å².